The normalized spacial score (nSPS) is 12.0. The Labute approximate surface area is 183 Å². The molecule has 2 heterocycles. The third-order valence-corrected chi connectivity index (χ3v) is 6.10. The number of imidazole rings is 1. The molecule has 0 aliphatic heterocycles. The van der Waals surface area contributed by atoms with Crippen molar-refractivity contribution < 1.29 is 13.9 Å². The summed E-state index contributed by atoms with van der Waals surface area (Å²) in [5.41, 5.74) is 2.52. The Balaban J connectivity index is 1.66. The van der Waals surface area contributed by atoms with Gasteiger partial charge in [0, 0.05) is 14.1 Å². The molecule has 0 radical (unpaired) electrons. The van der Waals surface area contributed by atoms with Crippen LogP contribution in [-0.2, 0) is 0 Å². The van der Waals surface area contributed by atoms with Crippen LogP contribution < -0.4 is 15.0 Å². The summed E-state index contributed by atoms with van der Waals surface area (Å²) < 4.78 is 20.5. The topological polar surface area (TPSA) is 59.4 Å². The molecule has 0 saturated carbocycles. The van der Waals surface area contributed by atoms with E-state index in [9.17, 15) is 9.18 Å². The van der Waals surface area contributed by atoms with Gasteiger partial charge >= 0.3 is 0 Å². The molecule has 0 saturated heterocycles. The zero-order chi connectivity index (χ0) is 22.1. The molecule has 0 bridgehead atoms. The maximum atomic E-state index is 13.2. The third kappa shape index (κ3) is 4.11. The molecule has 1 N–H and O–H groups in total. The minimum absolute atomic E-state index is 0.187. The monoisotopic (exact) mass is 438 g/mol. The van der Waals surface area contributed by atoms with Gasteiger partial charge in [-0.2, -0.15) is 0 Å². The predicted octanol–water partition coefficient (Wildman–Crippen LogP) is 4.79. The van der Waals surface area contributed by atoms with Gasteiger partial charge in [-0.3, -0.25) is 9.36 Å². The first-order valence-electron chi connectivity index (χ1n) is 9.77. The van der Waals surface area contributed by atoms with Crippen molar-refractivity contribution >= 4 is 33.5 Å². The second-order valence-electron chi connectivity index (χ2n) is 7.39. The number of anilines is 1. The first-order valence-corrected chi connectivity index (χ1v) is 10.6. The summed E-state index contributed by atoms with van der Waals surface area (Å²) in [6.07, 6.45) is 0. The molecule has 0 aliphatic carbocycles. The van der Waals surface area contributed by atoms with Crippen molar-refractivity contribution in [2.45, 2.75) is 13.0 Å². The van der Waals surface area contributed by atoms with Crippen molar-refractivity contribution in [3.8, 4) is 11.4 Å². The molecular formula is C23H23FN4O2S. The van der Waals surface area contributed by atoms with Gasteiger partial charge in [-0.15, -0.1) is 11.3 Å². The number of carbonyl (C=O) groups is 1. The van der Waals surface area contributed by atoms with Crippen LogP contribution in [0.1, 0.15) is 28.2 Å². The summed E-state index contributed by atoms with van der Waals surface area (Å²) in [6.45, 7) is 1.87. The van der Waals surface area contributed by atoms with E-state index >= 15 is 0 Å². The number of rotatable bonds is 6. The number of nitrogens with one attached hydrogen (secondary N) is 1. The van der Waals surface area contributed by atoms with Crippen LogP contribution >= 0.6 is 11.3 Å². The first-order chi connectivity index (χ1) is 14.9. The van der Waals surface area contributed by atoms with Crippen molar-refractivity contribution in [3.05, 3.63) is 70.9 Å². The Morgan fingerprint density at radius 3 is 2.45 bits per heavy atom. The predicted molar refractivity (Wildman–Crippen MR) is 122 cm³/mol. The van der Waals surface area contributed by atoms with E-state index in [4.69, 9.17) is 9.72 Å². The van der Waals surface area contributed by atoms with Crippen LogP contribution in [0.4, 0.5) is 10.3 Å². The number of fused-ring (bicyclic) bond motifs is 1. The molecule has 1 amide bonds. The summed E-state index contributed by atoms with van der Waals surface area (Å²) >= 11 is 1.39. The van der Waals surface area contributed by atoms with E-state index in [1.807, 2.05) is 54.8 Å². The van der Waals surface area contributed by atoms with E-state index in [1.165, 1.54) is 23.5 Å². The zero-order valence-electron chi connectivity index (χ0n) is 17.7. The quantitative estimate of drug-likeness (QED) is 0.470. The van der Waals surface area contributed by atoms with E-state index in [2.05, 4.69) is 5.32 Å². The summed E-state index contributed by atoms with van der Waals surface area (Å²) in [7, 11) is 5.50. The second-order valence-corrected chi connectivity index (χ2v) is 8.42. The van der Waals surface area contributed by atoms with E-state index in [-0.39, 0.29) is 17.8 Å². The van der Waals surface area contributed by atoms with Crippen molar-refractivity contribution in [2.75, 3.05) is 26.1 Å². The van der Waals surface area contributed by atoms with Crippen molar-refractivity contribution in [3.63, 3.8) is 0 Å². The van der Waals surface area contributed by atoms with Gasteiger partial charge in [-0.1, -0.05) is 12.1 Å². The van der Waals surface area contributed by atoms with Gasteiger partial charge in [0.1, 0.15) is 21.9 Å². The van der Waals surface area contributed by atoms with Crippen LogP contribution in [0.2, 0.25) is 0 Å². The molecule has 4 rings (SSSR count). The highest BCUT2D eigenvalue weighted by Crippen LogP contribution is 2.33. The Kier molecular flexibility index (Phi) is 5.65. The highest BCUT2D eigenvalue weighted by molar-refractivity contribution is 7.20. The lowest BCUT2D eigenvalue weighted by atomic mass is 10.1. The van der Waals surface area contributed by atoms with Crippen LogP contribution in [-0.4, -0.2) is 36.7 Å². The van der Waals surface area contributed by atoms with Crippen LogP contribution in [0.25, 0.3) is 16.0 Å². The number of methoxy groups -OCH3 is 1. The Morgan fingerprint density at radius 2 is 1.84 bits per heavy atom. The summed E-state index contributed by atoms with van der Waals surface area (Å²) in [4.78, 5) is 21.0. The number of nitrogens with zero attached hydrogens (tertiary/aromatic N) is 3. The van der Waals surface area contributed by atoms with Gasteiger partial charge in [-0.05, 0) is 55.0 Å². The fourth-order valence-electron chi connectivity index (χ4n) is 3.34. The standard InChI is InChI=1S/C23H23FN4O2S/c1-14(15-5-7-16(24)8-6-15)25-21(29)20-13-19-22(31-20)28(23(26-19)27(2)3)17-9-11-18(30-4)12-10-17/h5-14H,1-4H3,(H,25,29)/t14-/m1/s1. The second kappa shape index (κ2) is 8.39. The lowest BCUT2D eigenvalue weighted by Gasteiger charge is -2.15. The number of carbonyl (C=O) groups excluding carboxylic acids is 1. The molecule has 1 atom stereocenters. The van der Waals surface area contributed by atoms with Crippen LogP contribution in [0.15, 0.2) is 54.6 Å². The SMILES string of the molecule is COc1ccc(-n2c(N(C)C)nc3cc(C(=O)N[C@H](C)c4ccc(F)cc4)sc32)cc1. The molecule has 160 valence electrons. The molecular weight excluding hydrogens is 415 g/mol. The molecule has 4 aromatic rings. The molecule has 6 nitrogen and oxygen atoms in total. The average molecular weight is 439 g/mol. The van der Waals surface area contributed by atoms with Gasteiger partial charge in [-0.25, -0.2) is 9.37 Å². The summed E-state index contributed by atoms with van der Waals surface area (Å²) in [5.74, 6) is 1.06. The van der Waals surface area contributed by atoms with Crippen molar-refractivity contribution in [1.82, 2.24) is 14.9 Å². The Bertz CT molecular complexity index is 1210. The van der Waals surface area contributed by atoms with Crippen LogP contribution in [0.3, 0.4) is 0 Å². The first kappa shape index (κ1) is 20.9. The van der Waals surface area contributed by atoms with Gasteiger partial charge in [0.05, 0.1) is 23.7 Å². The lowest BCUT2D eigenvalue weighted by Crippen LogP contribution is -2.25. The number of hydrogen-bond donors (Lipinski definition) is 1. The van der Waals surface area contributed by atoms with Crippen LogP contribution in [0, 0.1) is 5.82 Å². The number of amides is 1. The third-order valence-electron chi connectivity index (χ3n) is 4.99. The maximum Gasteiger partial charge on any atom is 0.261 e. The van der Waals surface area contributed by atoms with Gasteiger partial charge < -0.3 is 15.0 Å². The van der Waals surface area contributed by atoms with E-state index in [1.54, 1.807) is 25.3 Å². The fourth-order valence-corrected chi connectivity index (χ4v) is 4.36. The molecule has 0 unspecified atom stereocenters. The number of halogens is 1. The number of hydrogen-bond acceptors (Lipinski definition) is 5. The molecule has 0 aliphatic rings. The number of aromatic nitrogens is 2. The molecule has 31 heavy (non-hydrogen) atoms. The molecule has 0 fully saturated rings. The number of thiophene rings is 1. The smallest absolute Gasteiger partial charge is 0.261 e. The highest BCUT2D eigenvalue weighted by Gasteiger charge is 2.21. The van der Waals surface area contributed by atoms with E-state index < -0.39 is 0 Å². The Morgan fingerprint density at radius 1 is 1.16 bits per heavy atom. The fraction of sp³-hybridized carbons (Fsp3) is 0.217. The molecule has 0 spiro atoms. The zero-order valence-corrected chi connectivity index (χ0v) is 18.5. The lowest BCUT2D eigenvalue weighted by molar-refractivity contribution is 0.0944. The highest BCUT2D eigenvalue weighted by atomic mass is 32.1. The molecule has 2 aromatic heterocycles. The maximum absolute atomic E-state index is 13.2. The van der Waals surface area contributed by atoms with Gasteiger partial charge in [0.2, 0.25) is 5.95 Å². The minimum Gasteiger partial charge on any atom is -0.497 e. The van der Waals surface area contributed by atoms with Gasteiger partial charge in [0.25, 0.3) is 5.91 Å². The van der Waals surface area contributed by atoms with E-state index in [0.717, 1.165) is 33.3 Å². The molecule has 8 heteroatoms. The Hall–Kier alpha value is -3.39. The number of ether oxygens (including phenoxy) is 1. The number of benzene rings is 2. The van der Waals surface area contributed by atoms with Crippen molar-refractivity contribution in [1.29, 1.82) is 0 Å². The minimum atomic E-state index is -0.301. The summed E-state index contributed by atoms with van der Waals surface area (Å²) in [5, 5.41) is 2.98. The molecule has 2 aromatic carbocycles. The van der Waals surface area contributed by atoms with Gasteiger partial charge in [0.15, 0.2) is 0 Å². The average Bonchev–Trinajstić information content (AvgIpc) is 3.32. The van der Waals surface area contributed by atoms with Crippen LogP contribution in [0.5, 0.6) is 5.75 Å². The van der Waals surface area contributed by atoms with E-state index in [0.29, 0.717) is 4.88 Å². The van der Waals surface area contributed by atoms with Crippen molar-refractivity contribution in [2.24, 2.45) is 0 Å². The largest absolute Gasteiger partial charge is 0.497 e. The summed E-state index contributed by atoms with van der Waals surface area (Å²) in [6, 6.07) is 15.4.